The van der Waals surface area contributed by atoms with Gasteiger partial charge in [0.2, 0.25) is 0 Å². The molecule has 0 saturated heterocycles. The molecule has 0 fully saturated rings. The molecule has 6 nitrogen and oxygen atoms in total. The van der Waals surface area contributed by atoms with Gasteiger partial charge in [0, 0.05) is 77.2 Å². The van der Waals surface area contributed by atoms with Crippen LogP contribution in [0.5, 0.6) is 11.5 Å². The van der Waals surface area contributed by atoms with E-state index in [1.54, 1.807) is 26.4 Å². The molecule has 0 aromatic heterocycles. The maximum atomic E-state index is 14.1. The number of benzene rings is 2. The molecule has 1 heterocycles. The second-order valence-corrected chi connectivity index (χ2v) is 15.3. The summed E-state index contributed by atoms with van der Waals surface area (Å²) in [5.74, 6) is 0.703. The van der Waals surface area contributed by atoms with Crippen LogP contribution in [-0.2, 0) is 20.9 Å². The number of allylic oxidation sites excluding steroid dienone is 4. The molecule has 2 aromatic carbocycles. The Kier molecular flexibility index (Phi) is 9.63. The largest absolute Gasteiger partial charge is 0.493 e. The Hall–Kier alpha value is -2.32. The number of hydrogen-bond acceptors (Lipinski definition) is 6. The average Bonchev–Trinajstić information content (AvgIpc) is 2.92. The van der Waals surface area contributed by atoms with Crippen molar-refractivity contribution >= 4 is 50.7 Å². The summed E-state index contributed by atoms with van der Waals surface area (Å²) in [6, 6.07) is 9.14. The quantitative estimate of drug-likeness (QED) is 0.243. The topological polar surface area (TPSA) is 65.1 Å². The van der Waals surface area contributed by atoms with Crippen LogP contribution < -0.4 is 9.47 Å². The van der Waals surface area contributed by atoms with E-state index in [1.807, 2.05) is 18.2 Å². The molecule has 0 radical (unpaired) electrons. The molecule has 0 unspecified atom stereocenters. The molecule has 0 spiro atoms. The Bertz CT molecular complexity index is 1510. The third-order valence-corrected chi connectivity index (χ3v) is 9.90. The van der Waals surface area contributed by atoms with Crippen molar-refractivity contribution in [2.45, 2.75) is 72.3 Å². The molecule has 1 aliphatic heterocycles. The molecular weight excluding hydrogens is 665 g/mol. The molecule has 9 heteroatoms. The van der Waals surface area contributed by atoms with Gasteiger partial charge in [0.25, 0.3) is 0 Å². The van der Waals surface area contributed by atoms with E-state index in [1.165, 1.54) is 0 Å². The Balaban J connectivity index is 1.64. The third kappa shape index (κ3) is 6.62. The summed E-state index contributed by atoms with van der Waals surface area (Å²) < 4.78 is 18.1. The predicted octanol–water partition coefficient (Wildman–Crippen LogP) is 9.07. The first kappa shape index (κ1) is 33.1. The molecule has 3 aliphatic rings. The first-order valence-corrected chi connectivity index (χ1v) is 16.5. The second kappa shape index (κ2) is 12.8. The molecule has 0 amide bonds. The summed E-state index contributed by atoms with van der Waals surface area (Å²) in [5.41, 5.74) is 4.74. The van der Waals surface area contributed by atoms with Crippen LogP contribution in [0.2, 0.25) is 10.0 Å². The number of hydrogen-bond donors (Lipinski definition) is 0. The predicted molar refractivity (Wildman–Crippen MR) is 178 cm³/mol. The van der Waals surface area contributed by atoms with E-state index in [-0.39, 0.29) is 29.0 Å². The zero-order valence-corrected chi connectivity index (χ0v) is 29.3. The Labute approximate surface area is 278 Å². The molecule has 44 heavy (non-hydrogen) atoms. The summed E-state index contributed by atoms with van der Waals surface area (Å²) in [6.07, 6.45) is 3.16. The van der Waals surface area contributed by atoms with Crippen molar-refractivity contribution in [1.82, 2.24) is 4.90 Å². The van der Waals surface area contributed by atoms with E-state index in [0.717, 1.165) is 52.9 Å². The van der Waals surface area contributed by atoms with Gasteiger partial charge in [-0.15, -0.1) is 0 Å². The summed E-state index contributed by atoms with van der Waals surface area (Å²) in [5, 5.41) is 1.06. The number of nitrogens with zero attached hydrogens (tertiary/aromatic N) is 1. The molecule has 0 saturated carbocycles. The highest BCUT2D eigenvalue weighted by Crippen LogP contribution is 2.55. The van der Waals surface area contributed by atoms with Crippen LogP contribution in [0.3, 0.4) is 0 Å². The van der Waals surface area contributed by atoms with Gasteiger partial charge in [0.15, 0.2) is 23.1 Å². The van der Waals surface area contributed by atoms with Gasteiger partial charge < -0.3 is 19.1 Å². The molecule has 0 bridgehead atoms. The van der Waals surface area contributed by atoms with Crippen LogP contribution in [0.4, 0.5) is 0 Å². The monoisotopic (exact) mass is 703 g/mol. The highest BCUT2D eigenvalue weighted by atomic mass is 79.9. The number of ether oxygens (including phenoxy) is 3. The smallest absolute Gasteiger partial charge is 0.175 e. The summed E-state index contributed by atoms with van der Waals surface area (Å²) in [4.78, 5) is 30.5. The van der Waals surface area contributed by atoms with E-state index in [9.17, 15) is 9.59 Å². The van der Waals surface area contributed by atoms with Crippen molar-refractivity contribution in [2.75, 3.05) is 27.4 Å². The van der Waals surface area contributed by atoms with Crippen molar-refractivity contribution in [3.63, 3.8) is 0 Å². The van der Waals surface area contributed by atoms with Crippen molar-refractivity contribution in [2.24, 2.45) is 10.8 Å². The van der Waals surface area contributed by atoms with Crippen LogP contribution in [0, 0.1) is 10.8 Å². The summed E-state index contributed by atoms with van der Waals surface area (Å²) in [6.45, 7) is 10.1. The van der Waals surface area contributed by atoms with Crippen LogP contribution in [0.25, 0.3) is 0 Å². The number of halogens is 3. The standard InChI is InChI=1S/C35H40BrCl2NO5/c1-34(2)15-25-31(27(40)17-34)30(32-26(39(25)10-7-11-42-5)16-35(3,4)18-28(32)41)21-12-23(36)33(29(13-21)43-6)44-19-20-8-9-22(37)14-24(20)38/h8-9,12-14,30H,7,10-11,15-19H2,1-6H3. The molecule has 2 aromatic rings. The van der Waals surface area contributed by atoms with E-state index in [0.29, 0.717) is 52.0 Å². The van der Waals surface area contributed by atoms with Crippen molar-refractivity contribution in [3.05, 3.63) is 78.5 Å². The molecule has 5 rings (SSSR count). The fraction of sp³-hybridized carbons (Fsp3) is 0.486. The number of rotatable bonds is 9. The number of ketones is 2. The van der Waals surface area contributed by atoms with E-state index >= 15 is 0 Å². The lowest BCUT2D eigenvalue weighted by molar-refractivity contribution is -0.119. The summed E-state index contributed by atoms with van der Waals surface area (Å²) in [7, 11) is 3.29. The van der Waals surface area contributed by atoms with Gasteiger partial charge in [-0.05, 0) is 75.9 Å². The Morgan fingerprint density at radius 2 is 1.52 bits per heavy atom. The maximum absolute atomic E-state index is 14.1. The minimum atomic E-state index is -0.490. The van der Waals surface area contributed by atoms with Gasteiger partial charge in [0.1, 0.15) is 6.61 Å². The van der Waals surface area contributed by atoms with Crippen LogP contribution in [-0.4, -0.2) is 43.8 Å². The second-order valence-electron chi connectivity index (χ2n) is 13.6. The lowest BCUT2D eigenvalue weighted by Gasteiger charge is -2.49. The normalized spacial score (nSPS) is 19.7. The first-order valence-electron chi connectivity index (χ1n) is 15.0. The van der Waals surface area contributed by atoms with E-state index in [2.05, 4.69) is 48.5 Å². The SMILES string of the molecule is COCCCN1C2=C(C(=O)CC(C)(C)C2)C(c2cc(Br)c(OCc3ccc(Cl)cc3Cl)c(OC)c2)C2=C1CC(C)(C)CC2=O. The molecule has 0 atom stereocenters. The van der Waals surface area contributed by atoms with Gasteiger partial charge in [-0.1, -0.05) is 57.0 Å². The van der Waals surface area contributed by atoms with E-state index < -0.39 is 5.92 Å². The minimum absolute atomic E-state index is 0.0926. The Morgan fingerprint density at radius 1 is 0.909 bits per heavy atom. The fourth-order valence-electron chi connectivity index (χ4n) is 6.85. The molecule has 236 valence electrons. The zero-order valence-electron chi connectivity index (χ0n) is 26.2. The van der Waals surface area contributed by atoms with E-state index in [4.69, 9.17) is 37.4 Å². The van der Waals surface area contributed by atoms with Gasteiger partial charge in [-0.2, -0.15) is 0 Å². The van der Waals surface area contributed by atoms with Crippen molar-refractivity contribution < 1.29 is 23.8 Å². The Morgan fingerprint density at radius 3 is 2.07 bits per heavy atom. The molecule has 0 N–H and O–H groups in total. The van der Waals surface area contributed by atoms with Gasteiger partial charge in [0.05, 0.1) is 11.6 Å². The van der Waals surface area contributed by atoms with Crippen molar-refractivity contribution in [1.29, 1.82) is 0 Å². The zero-order chi connectivity index (χ0) is 32.0. The van der Waals surface area contributed by atoms with Gasteiger partial charge in [-0.3, -0.25) is 9.59 Å². The van der Waals surface area contributed by atoms with Gasteiger partial charge in [-0.25, -0.2) is 0 Å². The van der Waals surface area contributed by atoms with Crippen LogP contribution >= 0.6 is 39.1 Å². The number of methoxy groups -OCH3 is 2. The highest BCUT2D eigenvalue weighted by Gasteiger charge is 2.49. The van der Waals surface area contributed by atoms with Crippen molar-refractivity contribution in [3.8, 4) is 11.5 Å². The highest BCUT2D eigenvalue weighted by molar-refractivity contribution is 9.10. The van der Waals surface area contributed by atoms with Crippen LogP contribution in [0.15, 0.2) is 57.3 Å². The average molecular weight is 706 g/mol. The lowest BCUT2D eigenvalue weighted by Crippen LogP contribution is -2.44. The number of carbonyl (C=O) groups is 2. The first-order chi connectivity index (χ1) is 20.7. The lowest BCUT2D eigenvalue weighted by atomic mass is 9.63. The van der Waals surface area contributed by atoms with Gasteiger partial charge >= 0.3 is 0 Å². The number of carbonyl (C=O) groups excluding carboxylic acids is 2. The molecule has 2 aliphatic carbocycles. The fourth-order valence-corrected chi connectivity index (χ4v) is 7.89. The van der Waals surface area contributed by atoms with Crippen LogP contribution in [0.1, 0.15) is 76.8 Å². The summed E-state index contributed by atoms with van der Waals surface area (Å²) >= 11 is 16.2. The maximum Gasteiger partial charge on any atom is 0.175 e. The third-order valence-electron chi connectivity index (χ3n) is 8.72. The number of Topliss-reactive ketones (excluding diaryl/α,β-unsaturated/α-hetero) is 2. The molecular formula is C35H40BrCl2NO5. The minimum Gasteiger partial charge on any atom is -0.493 e.